The van der Waals surface area contributed by atoms with Crippen LogP contribution in [0.5, 0.6) is 0 Å². The maximum Gasteiger partial charge on any atom is 0.0590 e. The SMILES string of the molecule is CC(C)(C)SN=C(c1ccccc1)C1CCCCC1. The summed E-state index contributed by atoms with van der Waals surface area (Å²) in [6.45, 7) is 6.68. The van der Waals surface area contributed by atoms with Gasteiger partial charge in [0.05, 0.1) is 5.71 Å². The number of hydrogen-bond donors (Lipinski definition) is 0. The second kappa shape index (κ2) is 6.60. The van der Waals surface area contributed by atoms with Crippen LogP contribution in [0.3, 0.4) is 0 Å². The van der Waals surface area contributed by atoms with Crippen molar-refractivity contribution in [3.8, 4) is 0 Å². The van der Waals surface area contributed by atoms with E-state index in [1.54, 1.807) is 11.9 Å². The minimum Gasteiger partial charge on any atom is -0.220 e. The van der Waals surface area contributed by atoms with E-state index in [0.717, 1.165) is 0 Å². The Labute approximate surface area is 122 Å². The maximum atomic E-state index is 4.92. The van der Waals surface area contributed by atoms with Crippen LogP contribution < -0.4 is 0 Å². The van der Waals surface area contributed by atoms with E-state index in [1.165, 1.54) is 43.4 Å². The van der Waals surface area contributed by atoms with Crippen LogP contribution in [-0.4, -0.2) is 10.5 Å². The minimum absolute atomic E-state index is 0.189. The molecule has 1 aromatic carbocycles. The highest BCUT2D eigenvalue weighted by Gasteiger charge is 2.21. The predicted molar refractivity (Wildman–Crippen MR) is 86.9 cm³/mol. The Morgan fingerprint density at radius 1 is 1.05 bits per heavy atom. The number of nitrogens with zero attached hydrogens (tertiary/aromatic N) is 1. The molecule has 0 aliphatic heterocycles. The highest BCUT2D eigenvalue weighted by molar-refractivity contribution is 7.99. The number of benzene rings is 1. The van der Waals surface area contributed by atoms with Crippen molar-refractivity contribution < 1.29 is 0 Å². The summed E-state index contributed by atoms with van der Waals surface area (Å²) in [5, 5.41) is 0. The lowest BCUT2D eigenvalue weighted by molar-refractivity contribution is 0.440. The van der Waals surface area contributed by atoms with Gasteiger partial charge in [-0.1, -0.05) is 49.6 Å². The molecule has 0 spiro atoms. The zero-order chi connectivity index (χ0) is 13.7. The standard InChI is InChI=1S/C17H25NS/c1-17(2,3)19-18-16(14-10-6-4-7-11-14)15-12-8-5-9-13-15/h4,6-7,10-11,15H,5,8-9,12-13H2,1-3H3. The fourth-order valence-corrected chi connectivity index (χ4v) is 3.16. The van der Waals surface area contributed by atoms with Crippen LogP contribution in [0.1, 0.15) is 58.4 Å². The molecule has 1 aromatic rings. The summed E-state index contributed by atoms with van der Waals surface area (Å²) in [5.74, 6) is 0.658. The average molecular weight is 275 g/mol. The van der Waals surface area contributed by atoms with Gasteiger partial charge in [-0.3, -0.25) is 0 Å². The van der Waals surface area contributed by atoms with Crippen molar-refractivity contribution in [3.05, 3.63) is 35.9 Å². The lowest BCUT2D eigenvalue weighted by Gasteiger charge is -2.24. The van der Waals surface area contributed by atoms with Crippen molar-refractivity contribution in [1.82, 2.24) is 0 Å². The summed E-state index contributed by atoms with van der Waals surface area (Å²) in [5.41, 5.74) is 2.63. The largest absolute Gasteiger partial charge is 0.220 e. The van der Waals surface area contributed by atoms with Gasteiger partial charge in [0.25, 0.3) is 0 Å². The van der Waals surface area contributed by atoms with E-state index in [9.17, 15) is 0 Å². The van der Waals surface area contributed by atoms with Crippen LogP contribution in [-0.2, 0) is 0 Å². The molecule has 0 radical (unpaired) electrons. The highest BCUT2D eigenvalue weighted by atomic mass is 32.2. The molecule has 1 fully saturated rings. The third-order valence-electron chi connectivity index (χ3n) is 3.48. The van der Waals surface area contributed by atoms with Crippen LogP contribution in [0.4, 0.5) is 0 Å². The molecule has 1 aliphatic rings. The van der Waals surface area contributed by atoms with Crippen LogP contribution in [0.15, 0.2) is 34.7 Å². The Morgan fingerprint density at radius 3 is 2.26 bits per heavy atom. The van der Waals surface area contributed by atoms with Gasteiger partial charge in [-0.25, -0.2) is 4.40 Å². The molecule has 0 atom stereocenters. The van der Waals surface area contributed by atoms with Crippen molar-refractivity contribution in [1.29, 1.82) is 0 Å². The van der Waals surface area contributed by atoms with Crippen LogP contribution in [0.25, 0.3) is 0 Å². The Balaban J connectivity index is 2.22. The highest BCUT2D eigenvalue weighted by Crippen LogP contribution is 2.31. The van der Waals surface area contributed by atoms with Gasteiger partial charge in [0.15, 0.2) is 0 Å². The summed E-state index contributed by atoms with van der Waals surface area (Å²) in [7, 11) is 0. The lowest BCUT2D eigenvalue weighted by atomic mass is 9.83. The van der Waals surface area contributed by atoms with Crippen LogP contribution >= 0.6 is 11.9 Å². The molecule has 1 saturated carbocycles. The first-order valence-electron chi connectivity index (χ1n) is 7.38. The fourth-order valence-electron chi connectivity index (χ4n) is 2.53. The van der Waals surface area contributed by atoms with Crippen LogP contribution in [0.2, 0.25) is 0 Å². The van der Waals surface area contributed by atoms with Gasteiger partial charge >= 0.3 is 0 Å². The molecular formula is C17H25NS. The first kappa shape index (κ1) is 14.6. The molecule has 0 N–H and O–H groups in total. The first-order valence-corrected chi connectivity index (χ1v) is 8.15. The van der Waals surface area contributed by atoms with Gasteiger partial charge in [-0.15, -0.1) is 0 Å². The summed E-state index contributed by atoms with van der Waals surface area (Å²) in [6, 6.07) is 10.7. The number of hydrogen-bond acceptors (Lipinski definition) is 2. The Bertz CT molecular complexity index is 411. The van der Waals surface area contributed by atoms with E-state index in [4.69, 9.17) is 4.40 Å². The molecule has 0 aromatic heterocycles. The Morgan fingerprint density at radius 2 is 1.68 bits per heavy atom. The number of rotatable bonds is 3. The summed E-state index contributed by atoms with van der Waals surface area (Å²) >= 11 is 1.72. The normalized spacial score (nSPS) is 18.6. The molecule has 104 valence electrons. The molecule has 2 heteroatoms. The second-order valence-corrected chi connectivity index (χ2v) is 7.97. The van der Waals surface area contributed by atoms with E-state index in [1.807, 2.05) is 0 Å². The summed E-state index contributed by atoms with van der Waals surface area (Å²) < 4.78 is 5.11. The second-order valence-electron chi connectivity index (χ2n) is 6.38. The van der Waals surface area contributed by atoms with E-state index < -0.39 is 0 Å². The van der Waals surface area contributed by atoms with Gasteiger partial charge in [0.2, 0.25) is 0 Å². The van der Waals surface area contributed by atoms with Crippen molar-refractivity contribution in [2.75, 3.05) is 0 Å². The molecule has 19 heavy (non-hydrogen) atoms. The molecular weight excluding hydrogens is 250 g/mol. The summed E-state index contributed by atoms with van der Waals surface area (Å²) in [6.07, 6.45) is 6.72. The van der Waals surface area contributed by atoms with Crippen LogP contribution in [0, 0.1) is 5.92 Å². The van der Waals surface area contributed by atoms with Gasteiger partial charge < -0.3 is 0 Å². The molecule has 1 aliphatic carbocycles. The third-order valence-corrected chi connectivity index (χ3v) is 4.31. The zero-order valence-electron chi connectivity index (χ0n) is 12.4. The molecule has 2 rings (SSSR count). The first-order chi connectivity index (χ1) is 9.06. The maximum absolute atomic E-state index is 4.92. The molecule has 0 bridgehead atoms. The van der Waals surface area contributed by atoms with Gasteiger partial charge in [0, 0.05) is 10.7 Å². The minimum atomic E-state index is 0.189. The average Bonchev–Trinajstić information content (AvgIpc) is 2.40. The molecule has 1 nitrogen and oxygen atoms in total. The monoisotopic (exact) mass is 275 g/mol. The molecule has 0 unspecified atom stereocenters. The van der Waals surface area contributed by atoms with Gasteiger partial charge in [-0.05, 0) is 51.1 Å². The molecule has 0 heterocycles. The van der Waals surface area contributed by atoms with E-state index >= 15 is 0 Å². The van der Waals surface area contributed by atoms with Crippen molar-refractivity contribution >= 4 is 17.7 Å². The predicted octanol–water partition coefficient (Wildman–Crippen LogP) is 5.50. The lowest BCUT2D eigenvalue weighted by Crippen LogP contribution is -2.19. The quantitative estimate of drug-likeness (QED) is 0.524. The Hall–Kier alpha value is -0.760. The van der Waals surface area contributed by atoms with E-state index in [-0.39, 0.29) is 4.75 Å². The molecule has 0 amide bonds. The van der Waals surface area contributed by atoms with Crippen molar-refractivity contribution in [2.24, 2.45) is 10.3 Å². The summed E-state index contributed by atoms with van der Waals surface area (Å²) in [4.78, 5) is 0. The fraction of sp³-hybridized carbons (Fsp3) is 0.588. The molecule has 0 saturated heterocycles. The van der Waals surface area contributed by atoms with E-state index in [0.29, 0.717) is 5.92 Å². The van der Waals surface area contributed by atoms with Gasteiger partial charge in [-0.2, -0.15) is 0 Å². The topological polar surface area (TPSA) is 12.4 Å². The van der Waals surface area contributed by atoms with E-state index in [2.05, 4.69) is 51.1 Å². The van der Waals surface area contributed by atoms with Gasteiger partial charge in [0.1, 0.15) is 0 Å². The smallest absolute Gasteiger partial charge is 0.0590 e. The van der Waals surface area contributed by atoms with Crippen molar-refractivity contribution in [2.45, 2.75) is 57.6 Å². The third kappa shape index (κ3) is 4.68. The Kier molecular flexibility index (Phi) is 5.09. The van der Waals surface area contributed by atoms with Crippen molar-refractivity contribution in [3.63, 3.8) is 0 Å². The zero-order valence-corrected chi connectivity index (χ0v) is 13.2.